The molecule has 114 valence electrons. The minimum atomic E-state index is -0.324. The molecule has 2 heterocycles. The Bertz CT molecular complexity index is 732. The van der Waals surface area contributed by atoms with Crippen LogP contribution in [-0.2, 0) is 4.79 Å². The van der Waals surface area contributed by atoms with E-state index in [1.807, 2.05) is 24.3 Å². The van der Waals surface area contributed by atoms with Crippen LogP contribution in [0.25, 0.3) is 10.9 Å². The SMILES string of the molecule is O=C1CCC[C@H](CNC(=O)c2nc3ccccc3cc2Cl)N1. The van der Waals surface area contributed by atoms with Crippen molar-refractivity contribution in [3.63, 3.8) is 0 Å². The van der Waals surface area contributed by atoms with Crippen LogP contribution in [0.15, 0.2) is 30.3 Å². The molecule has 1 saturated heterocycles. The Kier molecular flexibility index (Phi) is 4.24. The number of fused-ring (bicyclic) bond motifs is 1. The number of rotatable bonds is 3. The Morgan fingerprint density at radius 3 is 3.05 bits per heavy atom. The van der Waals surface area contributed by atoms with E-state index in [9.17, 15) is 9.59 Å². The molecule has 3 rings (SSSR count). The van der Waals surface area contributed by atoms with Gasteiger partial charge in [-0.2, -0.15) is 0 Å². The van der Waals surface area contributed by atoms with Gasteiger partial charge in [0.1, 0.15) is 5.69 Å². The number of benzene rings is 1. The lowest BCUT2D eigenvalue weighted by Crippen LogP contribution is -2.46. The summed E-state index contributed by atoms with van der Waals surface area (Å²) in [7, 11) is 0. The standard InChI is InChI=1S/C16H16ClN3O2/c17-12-8-10-4-1-2-6-13(10)20-15(12)16(22)18-9-11-5-3-7-14(21)19-11/h1-2,4,6,8,11H,3,5,7,9H2,(H,18,22)(H,19,21)/t11-/m1/s1. The number of para-hydroxylation sites is 1. The third kappa shape index (κ3) is 3.20. The molecule has 0 aliphatic carbocycles. The molecule has 5 nitrogen and oxygen atoms in total. The molecule has 0 unspecified atom stereocenters. The van der Waals surface area contributed by atoms with Gasteiger partial charge in [-0.05, 0) is 25.0 Å². The van der Waals surface area contributed by atoms with Crippen LogP contribution in [-0.4, -0.2) is 29.4 Å². The molecular weight excluding hydrogens is 302 g/mol. The lowest BCUT2D eigenvalue weighted by molar-refractivity contribution is -0.123. The summed E-state index contributed by atoms with van der Waals surface area (Å²) in [5.74, 6) is -0.289. The second-order valence-corrected chi connectivity index (χ2v) is 5.79. The van der Waals surface area contributed by atoms with Gasteiger partial charge < -0.3 is 10.6 Å². The molecule has 1 aromatic heterocycles. The van der Waals surface area contributed by atoms with Crippen LogP contribution >= 0.6 is 11.6 Å². The van der Waals surface area contributed by atoms with Gasteiger partial charge in [0.25, 0.3) is 5.91 Å². The number of nitrogens with one attached hydrogen (secondary N) is 2. The fourth-order valence-corrected chi connectivity index (χ4v) is 2.83. The summed E-state index contributed by atoms with van der Waals surface area (Å²) in [5, 5.41) is 6.87. The first kappa shape index (κ1) is 14.8. The highest BCUT2D eigenvalue weighted by Gasteiger charge is 2.20. The van der Waals surface area contributed by atoms with Crippen molar-refractivity contribution in [2.24, 2.45) is 0 Å². The van der Waals surface area contributed by atoms with Gasteiger partial charge in [-0.15, -0.1) is 0 Å². The van der Waals surface area contributed by atoms with Gasteiger partial charge in [0, 0.05) is 24.4 Å². The van der Waals surface area contributed by atoms with E-state index in [-0.39, 0.29) is 23.6 Å². The van der Waals surface area contributed by atoms with Crippen LogP contribution in [0.1, 0.15) is 29.8 Å². The highest BCUT2D eigenvalue weighted by molar-refractivity contribution is 6.34. The zero-order valence-corrected chi connectivity index (χ0v) is 12.7. The number of pyridine rings is 1. The van der Waals surface area contributed by atoms with Crippen molar-refractivity contribution >= 4 is 34.3 Å². The van der Waals surface area contributed by atoms with Crippen LogP contribution in [0, 0.1) is 0 Å². The topological polar surface area (TPSA) is 71.1 Å². The number of piperidine rings is 1. The summed E-state index contributed by atoms with van der Waals surface area (Å²) in [4.78, 5) is 27.9. The van der Waals surface area contributed by atoms with Gasteiger partial charge in [0.15, 0.2) is 0 Å². The maximum Gasteiger partial charge on any atom is 0.271 e. The molecule has 2 N–H and O–H groups in total. The molecule has 1 atom stereocenters. The maximum atomic E-state index is 12.3. The quantitative estimate of drug-likeness (QED) is 0.912. The van der Waals surface area contributed by atoms with Crippen LogP contribution in [0.5, 0.6) is 0 Å². The van der Waals surface area contributed by atoms with E-state index in [1.54, 1.807) is 6.07 Å². The predicted molar refractivity (Wildman–Crippen MR) is 84.9 cm³/mol. The van der Waals surface area contributed by atoms with Gasteiger partial charge in [-0.25, -0.2) is 4.98 Å². The Labute approximate surface area is 133 Å². The minimum absolute atomic E-state index is 0.0237. The smallest absolute Gasteiger partial charge is 0.271 e. The number of nitrogens with zero attached hydrogens (tertiary/aromatic N) is 1. The highest BCUT2D eigenvalue weighted by atomic mass is 35.5. The van der Waals surface area contributed by atoms with E-state index < -0.39 is 0 Å². The molecule has 1 aliphatic heterocycles. The van der Waals surface area contributed by atoms with Gasteiger partial charge in [-0.3, -0.25) is 9.59 Å². The Morgan fingerprint density at radius 1 is 1.41 bits per heavy atom. The van der Waals surface area contributed by atoms with Crippen molar-refractivity contribution in [1.29, 1.82) is 0 Å². The fourth-order valence-electron chi connectivity index (χ4n) is 2.58. The largest absolute Gasteiger partial charge is 0.352 e. The Morgan fingerprint density at radius 2 is 2.23 bits per heavy atom. The molecule has 6 heteroatoms. The summed E-state index contributed by atoms with van der Waals surface area (Å²) in [5.41, 5.74) is 0.936. The second-order valence-electron chi connectivity index (χ2n) is 5.38. The number of carbonyl (C=O) groups excluding carboxylic acids is 2. The first-order valence-electron chi connectivity index (χ1n) is 7.26. The first-order chi connectivity index (χ1) is 10.6. The zero-order chi connectivity index (χ0) is 15.5. The summed E-state index contributed by atoms with van der Waals surface area (Å²) >= 11 is 6.15. The van der Waals surface area contributed by atoms with E-state index >= 15 is 0 Å². The predicted octanol–water partition coefficient (Wildman–Crippen LogP) is 2.29. The average molecular weight is 318 g/mol. The minimum Gasteiger partial charge on any atom is -0.352 e. The van der Waals surface area contributed by atoms with Gasteiger partial charge in [0.05, 0.1) is 10.5 Å². The van der Waals surface area contributed by atoms with Gasteiger partial charge >= 0.3 is 0 Å². The first-order valence-corrected chi connectivity index (χ1v) is 7.64. The molecular formula is C16H16ClN3O2. The summed E-state index contributed by atoms with van der Waals surface area (Å²) in [6, 6.07) is 9.21. The number of carbonyl (C=O) groups is 2. The van der Waals surface area contributed by atoms with Gasteiger partial charge in [-0.1, -0.05) is 29.8 Å². The molecule has 0 radical (unpaired) electrons. The van der Waals surface area contributed by atoms with Gasteiger partial charge in [0.2, 0.25) is 5.91 Å². The number of hydrogen-bond acceptors (Lipinski definition) is 3. The van der Waals surface area contributed by atoms with Crippen molar-refractivity contribution in [3.05, 3.63) is 41.0 Å². The monoisotopic (exact) mass is 317 g/mol. The van der Waals surface area contributed by atoms with Crippen molar-refractivity contribution < 1.29 is 9.59 Å². The number of amides is 2. The van der Waals surface area contributed by atoms with Crippen LogP contribution < -0.4 is 10.6 Å². The van der Waals surface area contributed by atoms with Crippen molar-refractivity contribution in [2.75, 3.05) is 6.54 Å². The molecule has 1 fully saturated rings. The third-order valence-corrected chi connectivity index (χ3v) is 4.01. The van der Waals surface area contributed by atoms with Crippen molar-refractivity contribution in [1.82, 2.24) is 15.6 Å². The number of aromatic nitrogens is 1. The second kappa shape index (κ2) is 6.32. The number of halogens is 1. The lowest BCUT2D eigenvalue weighted by Gasteiger charge is -2.23. The van der Waals surface area contributed by atoms with E-state index in [0.29, 0.717) is 18.0 Å². The Balaban J connectivity index is 1.71. The molecule has 2 amide bonds. The van der Waals surface area contributed by atoms with Crippen molar-refractivity contribution in [3.8, 4) is 0 Å². The molecule has 2 aromatic rings. The molecule has 22 heavy (non-hydrogen) atoms. The fraction of sp³-hybridized carbons (Fsp3) is 0.312. The lowest BCUT2D eigenvalue weighted by atomic mass is 10.0. The van der Waals surface area contributed by atoms with Crippen LogP contribution in [0.4, 0.5) is 0 Å². The van der Waals surface area contributed by atoms with Crippen molar-refractivity contribution in [2.45, 2.75) is 25.3 Å². The Hall–Kier alpha value is -2.14. The normalized spacial score (nSPS) is 18.0. The van der Waals surface area contributed by atoms with E-state index in [1.165, 1.54) is 0 Å². The summed E-state index contributed by atoms with van der Waals surface area (Å²) in [6.07, 6.45) is 2.27. The summed E-state index contributed by atoms with van der Waals surface area (Å²) < 4.78 is 0. The molecule has 0 spiro atoms. The molecule has 1 aromatic carbocycles. The van der Waals surface area contributed by atoms with Crippen LogP contribution in [0.2, 0.25) is 5.02 Å². The van der Waals surface area contributed by atoms with Crippen LogP contribution in [0.3, 0.4) is 0 Å². The number of hydrogen-bond donors (Lipinski definition) is 2. The molecule has 0 bridgehead atoms. The zero-order valence-electron chi connectivity index (χ0n) is 11.9. The van der Waals surface area contributed by atoms with E-state index in [4.69, 9.17) is 11.6 Å². The molecule has 0 saturated carbocycles. The average Bonchev–Trinajstić information content (AvgIpc) is 2.52. The highest BCUT2D eigenvalue weighted by Crippen LogP contribution is 2.20. The van der Waals surface area contributed by atoms with E-state index in [0.717, 1.165) is 23.7 Å². The summed E-state index contributed by atoms with van der Waals surface area (Å²) in [6.45, 7) is 0.384. The third-order valence-electron chi connectivity index (χ3n) is 3.72. The maximum absolute atomic E-state index is 12.3. The van der Waals surface area contributed by atoms with E-state index in [2.05, 4.69) is 15.6 Å². The molecule has 1 aliphatic rings.